The summed E-state index contributed by atoms with van der Waals surface area (Å²) in [5.74, 6) is -0.777. The highest BCUT2D eigenvalue weighted by Crippen LogP contribution is 2.17. The third-order valence-corrected chi connectivity index (χ3v) is 3.46. The summed E-state index contributed by atoms with van der Waals surface area (Å²) in [6.45, 7) is 6.25. The van der Waals surface area contributed by atoms with Gasteiger partial charge in [0.15, 0.2) is 0 Å². The largest absolute Gasteiger partial charge is 0.481 e. The topological polar surface area (TPSA) is 95.5 Å². The molecule has 6 heteroatoms. The molecule has 1 rings (SSSR count). The molecule has 0 bridgehead atoms. The predicted molar refractivity (Wildman–Crippen MR) is 93.1 cm³/mol. The Kier molecular flexibility index (Phi) is 7.95. The molecule has 0 unspecified atom stereocenters. The van der Waals surface area contributed by atoms with Crippen LogP contribution in [0.5, 0.6) is 0 Å². The predicted octanol–water partition coefficient (Wildman–Crippen LogP) is 2.96. The van der Waals surface area contributed by atoms with Crippen LogP contribution in [0.15, 0.2) is 18.2 Å². The number of unbranched alkanes of at least 4 members (excludes halogenated alkanes) is 1. The number of rotatable bonds is 9. The maximum Gasteiger partial charge on any atom is 0.303 e. The van der Waals surface area contributed by atoms with E-state index >= 15 is 0 Å². The van der Waals surface area contributed by atoms with Crippen LogP contribution in [0.25, 0.3) is 0 Å². The van der Waals surface area contributed by atoms with Gasteiger partial charge in [-0.3, -0.25) is 14.4 Å². The van der Waals surface area contributed by atoms with Crippen molar-refractivity contribution in [3.05, 3.63) is 29.3 Å². The van der Waals surface area contributed by atoms with Crippen LogP contribution in [0.4, 0.5) is 5.69 Å². The Morgan fingerprint density at radius 3 is 2.46 bits per heavy atom. The molecule has 0 saturated carbocycles. The van der Waals surface area contributed by atoms with Gasteiger partial charge in [0.1, 0.15) is 0 Å². The zero-order valence-electron chi connectivity index (χ0n) is 14.5. The van der Waals surface area contributed by atoms with Crippen molar-refractivity contribution in [3.8, 4) is 0 Å². The van der Waals surface area contributed by atoms with Crippen molar-refractivity contribution in [2.24, 2.45) is 5.92 Å². The van der Waals surface area contributed by atoms with Crippen molar-refractivity contribution in [3.63, 3.8) is 0 Å². The first-order valence-corrected chi connectivity index (χ1v) is 8.20. The fourth-order valence-electron chi connectivity index (χ4n) is 2.22. The second kappa shape index (κ2) is 9.70. The van der Waals surface area contributed by atoms with Gasteiger partial charge in [-0.1, -0.05) is 13.8 Å². The maximum absolute atomic E-state index is 12.1. The number of hydrogen-bond donors (Lipinski definition) is 3. The summed E-state index contributed by atoms with van der Waals surface area (Å²) in [5.41, 5.74) is 2.05. The summed E-state index contributed by atoms with van der Waals surface area (Å²) in [7, 11) is 0. The van der Waals surface area contributed by atoms with E-state index in [9.17, 15) is 14.4 Å². The molecular formula is C18H26N2O4. The van der Waals surface area contributed by atoms with E-state index in [-0.39, 0.29) is 24.2 Å². The first kappa shape index (κ1) is 19.7. The molecule has 0 saturated heterocycles. The van der Waals surface area contributed by atoms with Crippen molar-refractivity contribution in [1.29, 1.82) is 0 Å². The molecular weight excluding hydrogens is 308 g/mol. The van der Waals surface area contributed by atoms with E-state index in [1.54, 1.807) is 18.2 Å². The van der Waals surface area contributed by atoms with Crippen molar-refractivity contribution < 1.29 is 19.5 Å². The van der Waals surface area contributed by atoms with Crippen LogP contribution < -0.4 is 10.6 Å². The molecule has 0 fully saturated rings. The average Bonchev–Trinajstić information content (AvgIpc) is 2.47. The lowest BCUT2D eigenvalue weighted by molar-refractivity contribution is -0.137. The SMILES string of the molecule is Cc1cc(C(=O)NCCCCC(=O)O)ccc1NC(=O)CC(C)C. The molecule has 1 aromatic carbocycles. The average molecular weight is 334 g/mol. The number of carboxylic acid groups (broad SMARTS) is 1. The summed E-state index contributed by atoms with van der Waals surface area (Å²) in [6.07, 6.45) is 1.73. The summed E-state index contributed by atoms with van der Waals surface area (Å²) in [4.78, 5) is 34.3. The minimum absolute atomic E-state index is 0.0382. The first-order chi connectivity index (χ1) is 11.3. The van der Waals surface area contributed by atoms with Crippen LogP contribution in [-0.4, -0.2) is 29.4 Å². The monoisotopic (exact) mass is 334 g/mol. The molecule has 0 aliphatic heterocycles. The molecule has 6 nitrogen and oxygen atoms in total. The second-order valence-corrected chi connectivity index (χ2v) is 6.28. The number of amides is 2. The zero-order chi connectivity index (χ0) is 18.1. The van der Waals surface area contributed by atoms with E-state index in [0.29, 0.717) is 37.1 Å². The van der Waals surface area contributed by atoms with Crippen molar-refractivity contribution >= 4 is 23.5 Å². The Morgan fingerprint density at radius 1 is 1.17 bits per heavy atom. The summed E-state index contributed by atoms with van der Waals surface area (Å²) < 4.78 is 0. The van der Waals surface area contributed by atoms with E-state index < -0.39 is 5.97 Å². The van der Waals surface area contributed by atoms with Crippen molar-refractivity contribution in [2.45, 2.75) is 46.5 Å². The first-order valence-electron chi connectivity index (χ1n) is 8.20. The number of hydrogen-bond acceptors (Lipinski definition) is 3. The van der Waals surface area contributed by atoms with Crippen LogP contribution in [0.1, 0.15) is 55.5 Å². The minimum Gasteiger partial charge on any atom is -0.481 e. The zero-order valence-corrected chi connectivity index (χ0v) is 14.5. The van der Waals surface area contributed by atoms with Crippen LogP contribution in [-0.2, 0) is 9.59 Å². The van der Waals surface area contributed by atoms with E-state index in [1.807, 2.05) is 20.8 Å². The Hall–Kier alpha value is -2.37. The smallest absolute Gasteiger partial charge is 0.303 e. The van der Waals surface area contributed by atoms with Gasteiger partial charge >= 0.3 is 5.97 Å². The third-order valence-electron chi connectivity index (χ3n) is 3.46. The summed E-state index contributed by atoms with van der Waals surface area (Å²) in [6, 6.07) is 5.13. The van der Waals surface area contributed by atoms with E-state index in [4.69, 9.17) is 5.11 Å². The molecule has 3 N–H and O–H groups in total. The molecule has 0 aliphatic carbocycles. The van der Waals surface area contributed by atoms with E-state index in [2.05, 4.69) is 10.6 Å². The van der Waals surface area contributed by atoms with Crippen LogP contribution >= 0.6 is 0 Å². The van der Waals surface area contributed by atoms with Crippen LogP contribution in [0, 0.1) is 12.8 Å². The van der Waals surface area contributed by atoms with Gasteiger partial charge in [0.25, 0.3) is 5.91 Å². The van der Waals surface area contributed by atoms with E-state index in [1.165, 1.54) is 0 Å². The van der Waals surface area contributed by atoms with Gasteiger partial charge in [-0.05, 0) is 49.4 Å². The van der Waals surface area contributed by atoms with Gasteiger partial charge in [0.05, 0.1) is 0 Å². The van der Waals surface area contributed by atoms with Crippen LogP contribution in [0.2, 0.25) is 0 Å². The Morgan fingerprint density at radius 2 is 1.88 bits per heavy atom. The number of nitrogens with one attached hydrogen (secondary N) is 2. The minimum atomic E-state index is -0.827. The number of carbonyl (C=O) groups is 3. The molecule has 132 valence electrons. The molecule has 0 spiro atoms. The number of anilines is 1. The summed E-state index contributed by atoms with van der Waals surface area (Å²) in [5, 5.41) is 14.2. The normalized spacial score (nSPS) is 10.5. The highest BCUT2D eigenvalue weighted by molar-refractivity contribution is 5.96. The standard InChI is InChI=1S/C18H26N2O4/c1-12(2)10-16(21)20-15-8-7-14(11-13(15)3)18(24)19-9-5-4-6-17(22)23/h7-8,11-12H,4-6,9-10H2,1-3H3,(H,19,24)(H,20,21)(H,22,23). The van der Waals surface area contributed by atoms with Gasteiger partial charge in [0.2, 0.25) is 5.91 Å². The molecule has 2 amide bonds. The van der Waals surface area contributed by atoms with Gasteiger partial charge in [0, 0.05) is 30.6 Å². The third kappa shape index (κ3) is 7.26. The highest BCUT2D eigenvalue weighted by Gasteiger charge is 2.10. The lowest BCUT2D eigenvalue weighted by Crippen LogP contribution is -2.24. The lowest BCUT2D eigenvalue weighted by atomic mass is 10.1. The molecule has 1 aromatic rings. The molecule has 24 heavy (non-hydrogen) atoms. The summed E-state index contributed by atoms with van der Waals surface area (Å²) >= 11 is 0. The van der Waals surface area contributed by atoms with Crippen molar-refractivity contribution in [2.75, 3.05) is 11.9 Å². The molecule has 0 radical (unpaired) electrons. The Labute approximate surface area is 142 Å². The fourth-order valence-corrected chi connectivity index (χ4v) is 2.22. The highest BCUT2D eigenvalue weighted by atomic mass is 16.4. The van der Waals surface area contributed by atoms with Crippen LogP contribution in [0.3, 0.4) is 0 Å². The van der Waals surface area contributed by atoms with E-state index in [0.717, 1.165) is 5.56 Å². The molecule has 0 aromatic heterocycles. The van der Waals surface area contributed by atoms with Gasteiger partial charge in [-0.25, -0.2) is 0 Å². The maximum atomic E-state index is 12.1. The number of carboxylic acids is 1. The Bertz CT molecular complexity index is 597. The van der Waals surface area contributed by atoms with Gasteiger partial charge in [-0.2, -0.15) is 0 Å². The fraction of sp³-hybridized carbons (Fsp3) is 0.500. The number of benzene rings is 1. The number of aliphatic carboxylic acids is 1. The number of carbonyl (C=O) groups excluding carboxylic acids is 2. The molecule has 0 atom stereocenters. The molecule has 0 heterocycles. The lowest BCUT2D eigenvalue weighted by Gasteiger charge is -2.11. The molecule has 0 aliphatic rings. The second-order valence-electron chi connectivity index (χ2n) is 6.28. The Balaban J connectivity index is 2.52. The van der Waals surface area contributed by atoms with Crippen molar-refractivity contribution in [1.82, 2.24) is 5.32 Å². The van der Waals surface area contributed by atoms with Gasteiger partial charge in [-0.15, -0.1) is 0 Å². The quantitative estimate of drug-likeness (QED) is 0.605. The number of aryl methyl sites for hydroxylation is 1. The van der Waals surface area contributed by atoms with Gasteiger partial charge < -0.3 is 15.7 Å².